The van der Waals surface area contributed by atoms with E-state index in [0.717, 1.165) is 4.90 Å². The Bertz CT molecular complexity index is 657. The smallest absolute Gasteiger partial charge is 0.251 e. The van der Waals surface area contributed by atoms with Crippen molar-refractivity contribution in [3.63, 3.8) is 0 Å². The summed E-state index contributed by atoms with van der Waals surface area (Å²) >= 11 is 7.24. The van der Waals surface area contributed by atoms with Crippen molar-refractivity contribution in [2.75, 3.05) is 18.1 Å². The molecule has 4 nitrogen and oxygen atoms in total. The van der Waals surface area contributed by atoms with Crippen molar-refractivity contribution in [1.29, 1.82) is 0 Å². The average Bonchev–Trinajstić information content (AvgIpc) is 2.54. The molecule has 0 radical (unpaired) electrons. The number of benzene rings is 2. The monoisotopic (exact) mass is 334 g/mol. The van der Waals surface area contributed by atoms with Crippen molar-refractivity contribution in [3.8, 4) is 0 Å². The Morgan fingerprint density at radius 1 is 1.05 bits per heavy atom. The minimum atomic E-state index is -0.156. The van der Waals surface area contributed by atoms with E-state index in [0.29, 0.717) is 22.0 Å². The number of thioether (sulfide) groups is 1. The predicted molar refractivity (Wildman–Crippen MR) is 90.6 cm³/mol. The topological polar surface area (TPSA) is 58.2 Å². The quantitative estimate of drug-likeness (QED) is 0.824. The zero-order valence-electron chi connectivity index (χ0n) is 11.9. The van der Waals surface area contributed by atoms with Crippen LogP contribution in [0.3, 0.4) is 0 Å². The van der Waals surface area contributed by atoms with Crippen LogP contribution in [0.4, 0.5) is 5.69 Å². The lowest BCUT2D eigenvalue weighted by Crippen LogP contribution is -2.18. The number of anilines is 1. The summed E-state index contributed by atoms with van der Waals surface area (Å²) < 4.78 is 0. The molecule has 0 aliphatic heterocycles. The van der Waals surface area contributed by atoms with Gasteiger partial charge in [0.1, 0.15) is 0 Å². The van der Waals surface area contributed by atoms with Gasteiger partial charge in [-0.15, -0.1) is 11.8 Å². The number of hydrogen-bond acceptors (Lipinski definition) is 3. The van der Waals surface area contributed by atoms with Crippen LogP contribution in [0.2, 0.25) is 5.02 Å². The van der Waals surface area contributed by atoms with E-state index < -0.39 is 0 Å². The van der Waals surface area contributed by atoms with E-state index in [-0.39, 0.29) is 11.8 Å². The molecule has 0 aliphatic rings. The van der Waals surface area contributed by atoms with Crippen LogP contribution in [0, 0.1) is 0 Å². The molecule has 0 heterocycles. The normalized spacial score (nSPS) is 10.1. The third-order valence-electron chi connectivity index (χ3n) is 2.84. The second kappa shape index (κ2) is 7.87. The molecule has 2 amide bonds. The zero-order chi connectivity index (χ0) is 15.9. The first kappa shape index (κ1) is 16.4. The van der Waals surface area contributed by atoms with Crippen LogP contribution in [0.25, 0.3) is 0 Å². The molecule has 6 heteroatoms. The van der Waals surface area contributed by atoms with Crippen molar-refractivity contribution in [3.05, 3.63) is 59.1 Å². The minimum absolute atomic E-state index is 0.104. The molecule has 2 N–H and O–H groups in total. The van der Waals surface area contributed by atoms with Crippen molar-refractivity contribution >= 4 is 40.9 Å². The Kier molecular flexibility index (Phi) is 5.86. The van der Waals surface area contributed by atoms with Gasteiger partial charge in [-0.25, -0.2) is 0 Å². The Morgan fingerprint density at radius 3 is 2.27 bits per heavy atom. The molecular weight excluding hydrogens is 320 g/mol. The molecule has 0 spiro atoms. The summed E-state index contributed by atoms with van der Waals surface area (Å²) in [5.41, 5.74) is 1.21. The van der Waals surface area contributed by atoms with E-state index in [4.69, 9.17) is 11.6 Å². The van der Waals surface area contributed by atoms with E-state index in [9.17, 15) is 9.59 Å². The highest BCUT2D eigenvalue weighted by molar-refractivity contribution is 8.00. The Balaban J connectivity index is 1.86. The molecule has 0 saturated heterocycles. The van der Waals surface area contributed by atoms with E-state index in [1.807, 2.05) is 12.1 Å². The maximum absolute atomic E-state index is 11.9. The number of carbonyl (C=O) groups excluding carboxylic acids is 2. The van der Waals surface area contributed by atoms with Crippen LogP contribution in [-0.2, 0) is 4.79 Å². The van der Waals surface area contributed by atoms with Crippen molar-refractivity contribution in [2.45, 2.75) is 4.90 Å². The van der Waals surface area contributed by atoms with Gasteiger partial charge in [-0.1, -0.05) is 11.6 Å². The molecule has 114 valence electrons. The first-order chi connectivity index (χ1) is 10.6. The number of hydrogen-bond donors (Lipinski definition) is 2. The van der Waals surface area contributed by atoms with Gasteiger partial charge in [-0.05, 0) is 48.5 Å². The summed E-state index contributed by atoms with van der Waals surface area (Å²) in [7, 11) is 1.58. The van der Waals surface area contributed by atoms with E-state index >= 15 is 0 Å². The third kappa shape index (κ3) is 4.79. The van der Waals surface area contributed by atoms with Crippen LogP contribution in [0.1, 0.15) is 10.4 Å². The molecule has 0 fully saturated rings. The summed E-state index contributed by atoms with van der Waals surface area (Å²) in [6, 6.07) is 14.1. The molecule has 0 atom stereocenters. The molecule has 0 saturated carbocycles. The summed E-state index contributed by atoms with van der Waals surface area (Å²) in [6.45, 7) is 0. The van der Waals surface area contributed by atoms with Crippen LogP contribution in [0.15, 0.2) is 53.4 Å². The largest absolute Gasteiger partial charge is 0.355 e. The number of nitrogens with one attached hydrogen (secondary N) is 2. The number of halogens is 1. The molecule has 0 bridgehead atoms. The molecule has 0 unspecified atom stereocenters. The molecule has 2 aromatic carbocycles. The number of carbonyl (C=O) groups is 2. The Hall–Kier alpha value is -1.98. The summed E-state index contributed by atoms with van der Waals surface area (Å²) in [6.07, 6.45) is 0. The van der Waals surface area contributed by atoms with Crippen molar-refractivity contribution in [1.82, 2.24) is 5.32 Å². The number of amides is 2. The summed E-state index contributed by atoms with van der Waals surface area (Å²) in [4.78, 5) is 24.3. The van der Waals surface area contributed by atoms with Gasteiger partial charge in [-0.3, -0.25) is 9.59 Å². The van der Waals surface area contributed by atoms with Gasteiger partial charge >= 0.3 is 0 Å². The van der Waals surface area contributed by atoms with E-state index in [2.05, 4.69) is 10.6 Å². The zero-order valence-corrected chi connectivity index (χ0v) is 13.5. The van der Waals surface area contributed by atoms with Crippen molar-refractivity contribution in [2.24, 2.45) is 0 Å². The van der Waals surface area contributed by atoms with Crippen LogP contribution in [0.5, 0.6) is 0 Å². The van der Waals surface area contributed by atoms with Crippen LogP contribution < -0.4 is 10.6 Å². The fourth-order valence-electron chi connectivity index (χ4n) is 1.73. The maximum Gasteiger partial charge on any atom is 0.251 e. The lowest BCUT2D eigenvalue weighted by atomic mass is 10.2. The van der Waals surface area contributed by atoms with Gasteiger partial charge in [0.25, 0.3) is 5.91 Å². The lowest BCUT2D eigenvalue weighted by molar-refractivity contribution is -0.113. The van der Waals surface area contributed by atoms with Crippen LogP contribution in [-0.4, -0.2) is 24.6 Å². The molecule has 0 aliphatic carbocycles. The Labute approximate surface area is 138 Å². The molecule has 2 aromatic rings. The van der Waals surface area contributed by atoms with E-state index in [1.54, 1.807) is 43.4 Å². The summed E-state index contributed by atoms with van der Waals surface area (Å²) in [5.74, 6) is 0.0440. The third-order valence-corrected chi connectivity index (χ3v) is 4.11. The second-order valence-corrected chi connectivity index (χ2v) is 5.93. The van der Waals surface area contributed by atoms with Gasteiger partial charge in [0.05, 0.1) is 5.75 Å². The first-order valence-electron chi connectivity index (χ1n) is 6.59. The van der Waals surface area contributed by atoms with Gasteiger partial charge in [0.15, 0.2) is 0 Å². The Morgan fingerprint density at radius 2 is 1.68 bits per heavy atom. The van der Waals surface area contributed by atoms with Gasteiger partial charge in [0.2, 0.25) is 5.91 Å². The fraction of sp³-hybridized carbons (Fsp3) is 0.125. The van der Waals surface area contributed by atoms with Crippen LogP contribution >= 0.6 is 23.4 Å². The summed E-state index contributed by atoms with van der Waals surface area (Å²) in [5, 5.41) is 6.01. The SMILES string of the molecule is CNC(=O)c1ccc(NC(=O)CSc2ccc(Cl)cc2)cc1. The van der Waals surface area contributed by atoms with Gasteiger partial charge in [-0.2, -0.15) is 0 Å². The predicted octanol–water partition coefficient (Wildman–Crippen LogP) is 3.43. The second-order valence-electron chi connectivity index (χ2n) is 4.45. The minimum Gasteiger partial charge on any atom is -0.355 e. The molecule has 0 aromatic heterocycles. The molecule has 22 heavy (non-hydrogen) atoms. The standard InChI is InChI=1S/C16H15ClN2O2S/c1-18-16(21)11-2-6-13(7-3-11)19-15(20)10-22-14-8-4-12(17)5-9-14/h2-9H,10H2,1H3,(H,18,21)(H,19,20). The fourth-order valence-corrected chi connectivity index (χ4v) is 2.55. The highest BCUT2D eigenvalue weighted by Crippen LogP contribution is 2.20. The maximum atomic E-state index is 11.9. The average molecular weight is 335 g/mol. The first-order valence-corrected chi connectivity index (χ1v) is 7.95. The highest BCUT2D eigenvalue weighted by Gasteiger charge is 2.06. The van der Waals surface area contributed by atoms with Crippen molar-refractivity contribution < 1.29 is 9.59 Å². The van der Waals surface area contributed by atoms with Gasteiger partial charge in [0, 0.05) is 28.2 Å². The number of rotatable bonds is 5. The van der Waals surface area contributed by atoms with E-state index in [1.165, 1.54) is 11.8 Å². The molecular formula is C16H15ClN2O2S. The molecule has 2 rings (SSSR count). The lowest BCUT2D eigenvalue weighted by Gasteiger charge is -2.06. The van der Waals surface area contributed by atoms with Gasteiger partial charge < -0.3 is 10.6 Å². The highest BCUT2D eigenvalue weighted by atomic mass is 35.5.